The van der Waals surface area contributed by atoms with Crippen molar-refractivity contribution in [1.82, 2.24) is 20.2 Å². The summed E-state index contributed by atoms with van der Waals surface area (Å²) in [7, 11) is 3.86. The van der Waals surface area contributed by atoms with Crippen LogP contribution in [-0.4, -0.2) is 35.5 Å². The van der Waals surface area contributed by atoms with Crippen LogP contribution in [0.4, 0.5) is 5.82 Å². The minimum absolute atomic E-state index is 0.300. The Kier molecular flexibility index (Phi) is 5.43. The fourth-order valence-electron chi connectivity index (χ4n) is 3.38. The average Bonchev–Trinajstić information content (AvgIpc) is 3.05. The molecule has 1 unspecified atom stereocenters. The summed E-state index contributed by atoms with van der Waals surface area (Å²) in [6, 6.07) is 10.9. The molecular weight excluding hydrogens is 298 g/mol. The lowest BCUT2D eigenvalue weighted by Gasteiger charge is -2.24. The summed E-state index contributed by atoms with van der Waals surface area (Å²) in [5.74, 6) is 1.84. The molecule has 128 valence electrons. The number of anilines is 1. The zero-order valence-electron chi connectivity index (χ0n) is 14.8. The van der Waals surface area contributed by atoms with E-state index in [1.807, 2.05) is 20.2 Å². The maximum Gasteiger partial charge on any atom is 0.148 e. The van der Waals surface area contributed by atoms with Crippen LogP contribution >= 0.6 is 0 Å². The normalized spacial score (nSPS) is 18.0. The number of hydrogen-bond acceptors (Lipinski definition) is 5. The molecular formula is C19H27N5. The number of aryl methyl sites for hydroxylation is 1. The highest BCUT2D eigenvalue weighted by Crippen LogP contribution is 2.32. The van der Waals surface area contributed by atoms with Crippen LogP contribution in [0, 0.1) is 6.92 Å². The first-order chi connectivity index (χ1) is 11.7. The molecule has 2 aromatic rings. The van der Waals surface area contributed by atoms with Crippen LogP contribution < -0.4 is 10.6 Å². The van der Waals surface area contributed by atoms with E-state index in [2.05, 4.69) is 46.7 Å². The third-order valence-electron chi connectivity index (χ3n) is 4.71. The summed E-state index contributed by atoms with van der Waals surface area (Å²) in [6.07, 6.45) is 2.32. The summed E-state index contributed by atoms with van der Waals surface area (Å²) in [4.78, 5) is 12.1. The molecule has 1 aromatic carbocycles. The maximum atomic E-state index is 4.81. The van der Waals surface area contributed by atoms with E-state index < -0.39 is 0 Å². The van der Waals surface area contributed by atoms with Gasteiger partial charge in [0.05, 0.1) is 11.7 Å². The van der Waals surface area contributed by atoms with Crippen molar-refractivity contribution in [1.29, 1.82) is 0 Å². The van der Waals surface area contributed by atoms with Crippen molar-refractivity contribution < 1.29 is 0 Å². The van der Waals surface area contributed by atoms with E-state index in [1.165, 1.54) is 17.5 Å². The monoisotopic (exact) mass is 325 g/mol. The molecule has 0 radical (unpaired) electrons. The number of rotatable bonds is 6. The van der Waals surface area contributed by atoms with Gasteiger partial charge in [-0.1, -0.05) is 24.3 Å². The van der Waals surface area contributed by atoms with Gasteiger partial charge in [-0.25, -0.2) is 9.97 Å². The number of aromatic nitrogens is 2. The van der Waals surface area contributed by atoms with E-state index in [0.29, 0.717) is 6.04 Å². The molecule has 1 aliphatic heterocycles. The minimum atomic E-state index is 0.300. The van der Waals surface area contributed by atoms with Crippen molar-refractivity contribution in [2.75, 3.05) is 26.0 Å². The predicted octanol–water partition coefficient (Wildman–Crippen LogP) is 2.88. The SMILES string of the molecule is CNCc1cc(NC)nc(C2CCCN2Cc2ccccc2C)n1. The Morgan fingerprint density at radius 2 is 2.04 bits per heavy atom. The van der Waals surface area contributed by atoms with E-state index in [9.17, 15) is 0 Å². The zero-order valence-corrected chi connectivity index (χ0v) is 14.8. The highest BCUT2D eigenvalue weighted by Gasteiger charge is 2.29. The molecule has 2 N–H and O–H groups in total. The fourth-order valence-corrected chi connectivity index (χ4v) is 3.38. The molecule has 0 spiro atoms. The average molecular weight is 325 g/mol. The Morgan fingerprint density at radius 3 is 2.79 bits per heavy atom. The third-order valence-corrected chi connectivity index (χ3v) is 4.71. The first kappa shape index (κ1) is 16.9. The van der Waals surface area contributed by atoms with Crippen LogP contribution in [0.15, 0.2) is 30.3 Å². The summed E-state index contributed by atoms with van der Waals surface area (Å²) in [5.41, 5.74) is 3.78. The lowest BCUT2D eigenvalue weighted by Crippen LogP contribution is -2.25. The highest BCUT2D eigenvalue weighted by atomic mass is 15.2. The molecule has 1 fully saturated rings. The van der Waals surface area contributed by atoms with Crippen LogP contribution in [0.25, 0.3) is 0 Å². The maximum absolute atomic E-state index is 4.81. The van der Waals surface area contributed by atoms with Crippen molar-refractivity contribution in [2.24, 2.45) is 0 Å². The zero-order chi connectivity index (χ0) is 16.9. The molecule has 5 heteroatoms. The summed E-state index contributed by atoms with van der Waals surface area (Å²) < 4.78 is 0. The third kappa shape index (κ3) is 3.74. The largest absolute Gasteiger partial charge is 0.373 e. The molecule has 24 heavy (non-hydrogen) atoms. The molecule has 1 saturated heterocycles. The Morgan fingerprint density at radius 1 is 1.21 bits per heavy atom. The van der Waals surface area contributed by atoms with E-state index in [4.69, 9.17) is 9.97 Å². The molecule has 0 aliphatic carbocycles. The lowest BCUT2D eigenvalue weighted by molar-refractivity contribution is 0.239. The molecule has 3 rings (SSSR count). The molecule has 5 nitrogen and oxygen atoms in total. The number of nitrogens with zero attached hydrogens (tertiary/aromatic N) is 3. The Hall–Kier alpha value is -1.98. The van der Waals surface area contributed by atoms with Gasteiger partial charge >= 0.3 is 0 Å². The molecule has 0 saturated carbocycles. The number of likely N-dealkylation sites (tertiary alicyclic amines) is 1. The number of hydrogen-bond donors (Lipinski definition) is 2. The summed E-state index contributed by atoms with van der Waals surface area (Å²) >= 11 is 0. The smallest absolute Gasteiger partial charge is 0.148 e. The molecule has 2 heterocycles. The predicted molar refractivity (Wildman–Crippen MR) is 97.9 cm³/mol. The minimum Gasteiger partial charge on any atom is -0.373 e. The Labute approximate surface area is 144 Å². The fraction of sp³-hybridized carbons (Fsp3) is 0.474. The van der Waals surface area contributed by atoms with Crippen LogP contribution in [0.3, 0.4) is 0 Å². The van der Waals surface area contributed by atoms with Gasteiger partial charge in [0, 0.05) is 26.2 Å². The standard InChI is InChI=1S/C19H27N5/c1-14-7-4-5-8-15(14)13-24-10-6-9-17(24)19-22-16(12-20-2)11-18(21-3)23-19/h4-5,7-8,11,17,20H,6,9-10,12-13H2,1-3H3,(H,21,22,23). The summed E-state index contributed by atoms with van der Waals surface area (Å²) in [5, 5.41) is 6.35. The van der Waals surface area contributed by atoms with Crippen LogP contribution in [0.2, 0.25) is 0 Å². The van der Waals surface area contributed by atoms with Gasteiger partial charge < -0.3 is 10.6 Å². The van der Waals surface area contributed by atoms with Crippen LogP contribution in [0.5, 0.6) is 0 Å². The second-order valence-electron chi connectivity index (χ2n) is 6.44. The molecule has 0 bridgehead atoms. The van der Waals surface area contributed by atoms with Gasteiger partial charge in [0.1, 0.15) is 11.6 Å². The van der Waals surface area contributed by atoms with E-state index in [0.717, 1.165) is 43.4 Å². The number of benzene rings is 1. The van der Waals surface area contributed by atoms with Crippen molar-refractivity contribution in [3.05, 3.63) is 53.0 Å². The van der Waals surface area contributed by atoms with Gasteiger partial charge in [0.2, 0.25) is 0 Å². The van der Waals surface area contributed by atoms with Gasteiger partial charge in [0.25, 0.3) is 0 Å². The van der Waals surface area contributed by atoms with E-state index >= 15 is 0 Å². The quantitative estimate of drug-likeness (QED) is 0.855. The molecule has 1 aromatic heterocycles. The van der Waals surface area contributed by atoms with Gasteiger partial charge in [-0.15, -0.1) is 0 Å². The van der Waals surface area contributed by atoms with Gasteiger partial charge in [-0.3, -0.25) is 4.90 Å². The van der Waals surface area contributed by atoms with Gasteiger partial charge in [0.15, 0.2) is 0 Å². The summed E-state index contributed by atoms with van der Waals surface area (Å²) in [6.45, 7) is 5.01. The Balaban J connectivity index is 1.85. The van der Waals surface area contributed by atoms with E-state index in [1.54, 1.807) is 0 Å². The molecule has 0 amide bonds. The second kappa shape index (κ2) is 7.73. The lowest BCUT2D eigenvalue weighted by atomic mass is 10.1. The first-order valence-electron chi connectivity index (χ1n) is 8.70. The topological polar surface area (TPSA) is 53.1 Å². The second-order valence-corrected chi connectivity index (χ2v) is 6.44. The van der Waals surface area contributed by atoms with Crippen molar-refractivity contribution in [3.63, 3.8) is 0 Å². The highest BCUT2D eigenvalue weighted by molar-refractivity contribution is 5.36. The molecule has 1 atom stereocenters. The van der Waals surface area contributed by atoms with Crippen LogP contribution in [0.1, 0.15) is 41.5 Å². The van der Waals surface area contributed by atoms with Crippen molar-refractivity contribution in [2.45, 2.75) is 38.9 Å². The van der Waals surface area contributed by atoms with Crippen LogP contribution in [-0.2, 0) is 13.1 Å². The van der Waals surface area contributed by atoms with E-state index in [-0.39, 0.29) is 0 Å². The Bertz CT molecular complexity index is 685. The van der Waals surface area contributed by atoms with Gasteiger partial charge in [-0.05, 0) is 44.5 Å². The van der Waals surface area contributed by atoms with Gasteiger partial charge in [-0.2, -0.15) is 0 Å². The first-order valence-corrected chi connectivity index (χ1v) is 8.70. The molecule has 1 aliphatic rings. The van der Waals surface area contributed by atoms with Crippen molar-refractivity contribution in [3.8, 4) is 0 Å². The number of nitrogens with one attached hydrogen (secondary N) is 2. The van der Waals surface area contributed by atoms with Crippen molar-refractivity contribution >= 4 is 5.82 Å².